The Labute approximate surface area is 95.4 Å². The van der Waals surface area contributed by atoms with E-state index in [9.17, 15) is 0 Å². The van der Waals surface area contributed by atoms with Crippen molar-refractivity contribution >= 4 is 5.95 Å². The molecule has 1 N–H and O–H groups in total. The SMILES string of the molecule is CCn1ccnc1NCc1cnccc1C. The molecule has 0 radical (unpaired) electrons. The Morgan fingerprint density at radius 2 is 2.25 bits per heavy atom. The van der Waals surface area contributed by atoms with Gasteiger partial charge in [-0.3, -0.25) is 4.98 Å². The first kappa shape index (κ1) is 10.7. The van der Waals surface area contributed by atoms with Crippen LogP contribution in [0.4, 0.5) is 5.95 Å². The third kappa shape index (κ3) is 2.21. The summed E-state index contributed by atoms with van der Waals surface area (Å²) in [5.74, 6) is 0.908. The molecule has 0 aromatic carbocycles. The fraction of sp³-hybridized carbons (Fsp3) is 0.333. The number of hydrogen-bond acceptors (Lipinski definition) is 3. The normalized spacial score (nSPS) is 10.4. The van der Waals surface area contributed by atoms with Gasteiger partial charge in [-0.25, -0.2) is 4.98 Å². The monoisotopic (exact) mass is 216 g/mol. The van der Waals surface area contributed by atoms with Crippen LogP contribution in [0.2, 0.25) is 0 Å². The highest BCUT2D eigenvalue weighted by atomic mass is 15.2. The maximum absolute atomic E-state index is 4.26. The van der Waals surface area contributed by atoms with Crippen molar-refractivity contribution in [3.8, 4) is 0 Å². The fourth-order valence-corrected chi connectivity index (χ4v) is 1.59. The predicted octanol–water partition coefficient (Wildman–Crippen LogP) is 2.22. The second-order valence-electron chi connectivity index (χ2n) is 3.69. The minimum atomic E-state index is 0.761. The number of aromatic nitrogens is 3. The van der Waals surface area contributed by atoms with Crippen molar-refractivity contribution < 1.29 is 0 Å². The molecule has 4 nitrogen and oxygen atoms in total. The van der Waals surface area contributed by atoms with E-state index < -0.39 is 0 Å². The van der Waals surface area contributed by atoms with Gasteiger partial charge in [-0.2, -0.15) is 0 Å². The van der Waals surface area contributed by atoms with Crippen LogP contribution in [0.1, 0.15) is 18.1 Å². The lowest BCUT2D eigenvalue weighted by Crippen LogP contribution is -2.07. The van der Waals surface area contributed by atoms with Crippen molar-refractivity contribution in [3.63, 3.8) is 0 Å². The Morgan fingerprint density at radius 3 is 3.00 bits per heavy atom. The molecule has 0 saturated carbocycles. The number of pyridine rings is 1. The molecule has 0 aliphatic heterocycles. The molecule has 2 rings (SSSR count). The van der Waals surface area contributed by atoms with Crippen LogP contribution < -0.4 is 5.32 Å². The number of nitrogens with one attached hydrogen (secondary N) is 1. The Bertz CT molecular complexity index is 462. The maximum Gasteiger partial charge on any atom is 0.203 e. The van der Waals surface area contributed by atoms with E-state index in [4.69, 9.17) is 0 Å². The molecule has 0 atom stereocenters. The summed E-state index contributed by atoms with van der Waals surface area (Å²) in [7, 11) is 0. The van der Waals surface area contributed by atoms with Gasteiger partial charge < -0.3 is 9.88 Å². The zero-order valence-electron chi connectivity index (χ0n) is 9.64. The van der Waals surface area contributed by atoms with E-state index in [2.05, 4.69) is 33.7 Å². The van der Waals surface area contributed by atoms with Crippen molar-refractivity contribution in [3.05, 3.63) is 42.0 Å². The second-order valence-corrected chi connectivity index (χ2v) is 3.69. The van der Waals surface area contributed by atoms with Gasteiger partial charge in [0.1, 0.15) is 0 Å². The maximum atomic E-state index is 4.26. The molecule has 0 saturated heterocycles. The van der Waals surface area contributed by atoms with Crippen molar-refractivity contribution in [2.24, 2.45) is 0 Å². The van der Waals surface area contributed by atoms with E-state index in [1.165, 1.54) is 11.1 Å². The predicted molar refractivity (Wildman–Crippen MR) is 64.2 cm³/mol. The van der Waals surface area contributed by atoms with E-state index in [0.29, 0.717) is 0 Å². The van der Waals surface area contributed by atoms with Gasteiger partial charge in [0, 0.05) is 37.9 Å². The number of imidazole rings is 1. The highest BCUT2D eigenvalue weighted by Gasteiger charge is 2.01. The molecular weight excluding hydrogens is 200 g/mol. The summed E-state index contributed by atoms with van der Waals surface area (Å²) >= 11 is 0. The van der Waals surface area contributed by atoms with Gasteiger partial charge in [0.2, 0.25) is 5.95 Å². The second kappa shape index (κ2) is 4.79. The number of nitrogens with zero attached hydrogens (tertiary/aromatic N) is 3. The molecule has 0 aliphatic rings. The van der Waals surface area contributed by atoms with Crippen LogP contribution in [0, 0.1) is 6.92 Å². The molecule has 0 amide bonds. The van der Waals surface area contributed by atoms with Gasteiger partial charge in [-0.1, -0.05) is 0 Å². The lowest BCUT2D eigenvalue weighted by atomic mass is 10.2. The Hall–Kier alpha value is -1.84. The molecule has 4 heteroatoms. The van der Waals surface area contributed by atoms with E-state index in [1.807, 2.05) is 30.9 Å². The molecule has 0 fully saturated rings. The highest BCUT2D eigenvalue weighted by molar-refractivity contribution is 5.30. The van der Waals surface area contributed by atoms with Crippen molar-refractivity contribution in [2.45, 2.75) is 26.9 Å². The standard InChI is InChI=1S/C12H16N4/c1-3-16-7-6-14-12(16)15-9-11-8-13-5-4-10(11)2/h4-8H,3,9H2,1-2H3,(H,14,15). The largest absolute Gasteiger partial charge is 0.352 e. The molecule has 2 aromatic heterocycles. The zero-order chi connectivity index (χ0) is 11.4. The first-order valence-electron chi connectivity index (χ1n) is 5.45. The molecule has 84 valence electrons. The minimum absolute atomic E-state index is 0.761. The van der Waals surface area contributed by atoms with Gasteiger partial charge in [-0.05, 0) is 31.0 Å². The molecule has 0 bridgehead atoms. The molecule has 16 heavy (non-hydrogen) atoms. The van der Waals surface area contributed by atoms with Crippen LogP contribution in [0.3, 0.4) is 0 Å². The average Bonchev–Trinajstić information content (AvgIpc) is 2.75. The van der Waals surface area contributed by atoms with Gasteiger partial charge in [0.05, 0.1) is 0 Å². The van der Waals surface area contributed by atoms with E-state index in [1.54, 1.807) is 0 Å². The quantitative estimate of drug-likeness (QED) is 0.852. The Morgan fingerprint density at radius 1 is 1.38 bits per heavy atom. The van der Waals surface area contributed by atoms with E-state index >= 15 is 0 Å². The van der Waals surface area contributed by atoms with Crippen LogP contribution in [-0.2, 0) is 13.1 Å². The molecule has 2 aromatic rings. The molecule has 0 spiro atoms. The fourth-order valence-electron chi connectivity index (χ4n) is 1.59. The third-order valence-corrected chi connectivity index (χ3v) is 2.64. The van der Waals surface area contributed by atoms with Crippen molar-refractivity contribution in [2.75, 3.05) is 5.32 Å². The summed E-state index contributed by atoms with van der Waals surface area (Å²) in [5.41, 5.74) is 2.45. The van der Waals surface area contributed by atoms with Crippen molar-refractivity contribution in [1.82, 2.24) is 14.5 Å². The van der Waals surface area contributed by atoms with E-state index in [0.717, 1.165) is 19.0 Å². The first-order valence-corrected chi connectivity index (χ1v) is 5.45. The summed E-state index contributed by atoms with van der Waals surface area (Å²) in [5, 5.41) is 3.31. The summed E-state index contributed by atoms with van der Waals surface area (Å²) in [4.78, 5) is 8.38. The molecule has 0 aliphatic carbocycles. The first-order chi connectivity index (χ1) is 7.81. The number of hydrogen-bond donors (Lipinski definition) is 1. The van der Waals surface area contributed by atoms with E-state index in [-0.39, 0.29) is 0 Å². The Balaban J connectivity index is 2.05. The van der Waals surface area contributed by atoms with Crippen LogP contribution in [0.15, 0.2) is 30.9 Å². The molecular formula is C12H16N4. The van der Waals surface area contributed by atoms with Gasteiger partial charge in [0.15, 0.2) is 0 Å². The van der Waals surface area contributed by atoms with Crippen molar-refractivity contribution in [1.29, 1.82) is 0 Å². The smallest absolute Gasteiger partial charge is 0.203 e. The van der Waals surface area contributed by atoms with Crippen LogP contribution >= 0.6 is 0 Å². The molecule has 0 unspecified atom stereocenters. The summed E-state index contributed by atoms with van der Waals surface area (Å²) < 4.78 is 2.08. The third-order valence-electron chi connectivity index (χ3n) is 2.64. The van der Waals surface area contributed by atoms with Gasteiger partial charge >= 0.3 is 0 Å². The number of anilines is 1. The lowest BCUT2D eigenvalue weighted by Gasteiger charge is -2.09. The summed E-state index contributed by atoms with van der Waals surface area (Å²) in [6.07, 6.45) is 7.48. The number of rotatable bonds is 4. The average molecular weight is 216 g/mol. The van der Waals surface area contributed by atoms with Crippen LogP contribution in [0.25, 0.3) is 0 Å². The minimum Gasteiger partial charge on any atom is -0.352 e. The van der Waals surface area contributed by atoms with Crippen LogP contribution in [0.5, 0.6) is 0 Å². The lowest BCUT2D eigenvalue weighted by molar-refractivity contribution is 0.763. The van der Waals surface area contributed by atoms with Gasteiger partial charge in [-0.15, -0.1) is 0 Å². The topological polar surface area (TPSA) is 42.7 Å². The highest BCUT2D eigenvalue weighted by Crippen LogP contribution is 2.09. The van der Waals surface area contributed by atoms with Crippen LogP contribution in [-0.4, -0.2) is 14.5 Å². The Kier molecular flexibility index (Phi) is 3.19. The number of aryl methyl sites for hydroxylation is 2. The van der Waals surface area contributed by atoms with Gasteiger partial charge in [0.25, 0.3) is 0 Å². The zero-order valence-corrected chi connectivity index (χ0v) is 9.64. The summed E-state index contributed by atoms with van der Waals surface area (Å²) in [6, 6.07) is 2.02. The molecule has 2 heterocycles. The summed E-state index contributed by atoms with van der Waals surface area (Å²) in [6.45, 7) is 5.87.